The summed E-state index contributed by atoms with van der Waals surface area (Å²) in [6.07, 6.45) is 7.95. The van der Waals surface area contributed by atoms with E-state index in [1.54, 1.807) is 0 Å². The van der Waals surface area contributed by atoms with Crippen LogP contribution in [0.3, 0.4) is 0 Å². The standard InChI is InChI=1S/C8H13IO/c9-7-3-1-2-6-4-5-8(7)10-6/h6-8H,1-5H2/t6-,7-,8+/m0/s1. The van der Waals surface area contributed by atoms with Gasteiger partial charge in [0.2, 0.25) is 0 Å². The molecule has 0 aromatic heterocycles. The van der Waals surface area contributed by atoms with Crippen LogP contribution in [0.5, 0.6) is 0 Å². The predicted octanol–water partition coefficient (Wildman–Crippen LogP) is 2.52. The fourth-order valence-corrected chi connectivity index (χ4v) is 2.91. The smallest absolute Gasteiger partial charge is 0.0697 e. The Morgan fingerprint density at radius 3 is 2.90 bits per heavy atom. The van der Waals surface area contributed by atoms with Crippen LogP contribution in [0.2, 0.25) is 0 Å². The molecule has 2 heterocycles. The lowest BCUT2D eigenvalue weighted by Gasteiger charge is -2.13. The normalized spacial score (nSPS) is 47.1. The monoisotopic (exact) mass is 252 g/mol. The maximum Gasteiger partial charge on any atom is 0.0697 e. The molecule has 0 N–H and O–H groups in total. The van der Waals surface area contributed by atoms with Crippen molar-refractivity contribution < 1.29 is 4.74 Å². The molecule has 58 valence electrons. The topological polar surface area (TPSA) is 9.23 Å². The van der Waals surface area contributed by atoms with Gasteiger partial charge >= 0.3 is 0 Å². The van der Waals surface area contributed by atoms with Crippen molar-refractivity contribution in [3.8, 4) is 0 Å². The Balaban J connectivity index is 2.03. The Labute approximate surface area is 75.7 Å². The van der Waals surface area contributed by atoms with Crippen molar-refractivity contribution in [3.05, 3.63) is 0 Å². The number of halogens is 1. The molecule has 0 saturated carbocycles. The quantitative estimate of drug-likeness (QED) is 0.475. The van der Waals surface area contributed by atoms with E-state index in [1.807, 2.05) is 0 Å². The van der Waals surface area contributed by atoms with Gasteiger partial charge in [-0.3, -0.25) is 0 Å². The molecule has 10 heavy (non-hydrogen) atoms. The van der Waals surface area contributed by atoms with E-state index in [-0.39, 0.29) is 0 Å². The summed E-state index contributed by atoms with van der Waals surface area (Å²) in [5, 5.41) is 0. The lowest BCUT2D eigenvalue weighted by atomic mass is 10.0. The molecule has 2 saturated heterocycles. The van der Waals surface area contributed by atoms with Crippen LogP contribution in [0.1, 0.15) is 32.1 Å². The minimum atomic E-state index is 0.605. The zero-order chi connectivity index (χ0) is 6.97. The summed E-state index contributed by atoms with van der Waals surface area (Å²) in [6, 6.07) is 0. The molecule has 2 aliphatic rings. The highest BCUT2D eigenvalue weighted by Gasteiger charge is 2.32. The first-order chi connectivity index (χ1) is 4.86. The van der Waals surface area contributed by atoms with E-state index in [0.29, 0.717) is 12.2 Å². The van der Waals surface area contributed by atoms with Gasteiger partial charge in [0.25, 0.3) is 0 Å². The van der Waals surface area contributed by atoms with E-state index in [9.17, 15) is 0 Å². The van der Waals surface area contributed by atoms with Crippen molar-refractivity contribution in [1.82, 2.24) is 0 Å². The van der Waals surface area contributed by atoms with Gasteiger partial charge in [0.1, 0.15) is 0 Å². The Bertz CT molecular complexity index is 126. The Morgan fingerprint density at radius 1 is 1.10 bits per heavy atom. The van der Waals surface area contributed by atoms with Gasteiger partial charge in [-0.25, -0.2) is 0 Å². The zero-order valence-electron chi connectivity index (χ0n) is 6.05. The van der Waals surface area contributed by atoms with Crippen molar-refractivity contribution in [3.63, 3.8) is 0 Å². The lowest BCUT2D eigenvalue weighted by molar-refractivity contribution is 0.0547. The molecule has 0 aliphatic carbocycles. The van der Waals surface area contributed by atoms with E-state index in [0.717, 1.165) is 3.92 Å². The molecular formula is C8H13IO. The lowest BCUT2D eigenvalue weighted by Crippen LogP contribution is -2.17. The molecular weight excluding hydrogens is 239 g/mol. The molecule has 2 fully saturated rings. The predicted molar refractivity (Wildman–Crippen MR) is 49.6 cm³/mol. The second-order valence-electron chi connectivity index (χ2n) is 3.32. The fraction of sp³-hybridized carbons (Fsp3) is 1.00. The molecule has 0 aromatic rings. The van der Waals surface area contributed by atoms with Gasteiger partial charge < -0.3 is 4.74 Å². The molecule has 2 heteroatoms. The van der Waals surface area contributed by atoms with E-state index in [2.05, 4.69) is 22.6 Å². The van der Waals surface area contributed by atoms with Gasteiger partial charge in [0.05, 0.1) is 12.2 Å². The van der Waals surface area contributed by atoms with Gasteiger partial charge in [-0.15, -0.1) is 0 Å². The van der Waals surface area contributed by atoms with E-state index in [4.69, 9.17) is 4.74 Å². The van der Waals surface area contributed by atoms with Crippen LogP contribution in [0.25, 0.3) is 0 Å². The average molecular weight is 252 g/mol. The van der Waals surface area contributed by atoms with Crippen LogP contribution < -0.4 is 0 Å². The van der Waals surface area contributed by atoms with Gasteiger partial charge in [0.15, 0.2) is 0 Å². The number of alkyl halides is 1. The second kappa shape index (κ2) is 2.97. The van der Waals surface area contributed by atoms with Crippen LogP contribution in [0.15, 0.2) is 0 Å². The Hall–Kier alpha value is 0.690. The van der Waals surface area contributed by atoms with Crippen molar-refractivity contribution >= 4 is 22.6 Å². The van der Waals surface area contributed by atoms with E-state index < -0.39 is 0 Å². The van der Waals surface area contributed by atoms with Crippen molar-refractivity contribution in [2.75, 3.05) is 0 Å². The van der Waals surface area contributed by atoms with Crippen LogP contribution in [-0.4, -0.2) is 16.1 Å². The van der Waals surface area contributed by atoms with E-state index >= 15 is 0 Å². The summed E-state index contributed by atoms with van der Waals surface area (Å²) in [5.74, 6) is 0. The van der Waals surface area contributed by atoms with Crippen LogP contribution >= 0.6 is 22.6 Å². The number of hydrogen-bond donors (Lipinski definition) is 0. The third kappa shape index (κ3) is 1.33. The largest absolute Gasteiger partial charge is 0.374 e. The third-order valence-corrected chi connectivity index (χ3v) is 3.97. The summed E-state index contributed by atoms with van der Waals surface area (Å²) in [6.45, 7) is 0. The van der Waals surface area contributed by atoms with Crippen molar-refractivity contribution in [2.24, 2.45) is 0 Å². The van der Waals surface area contributed by atoms with Crippen LogP contribution in [-0.2, 0) is 4.74 Å². The molecule has 0 unspecified atom stereocenters. The maximum absolute atomic E-state index is 5.83. The van der Waals surface area contributed by atoms with Crippen LogP contribution in [0.4, 0.5) is 0 Å². The fourth-order valence-electron chi connectivity index (χ4n) is 1.94. The summed E-state index contributed by atoms with van der Waals surface area (Å²) in [4.78, 5) is 0. The number of hydrogen-bond acceptors (Lipinski definition) is 1. The summed E-state index contributed by atoms with van der Waals surface area (Å²) >= 11 is 2.55. The molecule has 1 nitrogen and oxygen atoms in total. The summed E-state index contributed by atoms with van der Waals surface area (Å²) in [5.41, 5.74) is 0. The zero-order valence-corrected chi connectivity index (χ0v) is 8.21. The minimum Gasteiger partial charge on any atom is -0.374 e. The third-order valence-electron chi connectivity index (χ3n) is 2.55. The molecule has 0 aromatic carbocycles. The highest BCUT2D eigenvalue weighted by atomic mass is 127. The molecule has 0 radical (unpaired) electrons. The second-order valence-corrected chi connectivity index (χ2v) is 4.92. The highest BCUT2D eigenvalue weighted by molar-refractivity contribution is 14.1. The van der Waals surface area contributed by atoms with Gasteiger partial charge in [-0.2, -0.15) is 0 Å². The van der Waals surface area contributed by atoms with Gasteiger partial charge in [0, 0.05) is 3.92 Å². The van der Waals surface area contributed by atoms with Gasteiger partial charge in [-0.1, -0.05) is 22.6 Å². The summed E-state index contributed by atoms with van der Waals surface area (Å²) < 4.78 is 6.62. The van der Waals surface area contributed by atoms with Crippen molar-refractivity contribution in [2.45, 2.75) is 48.2 Å². The number of fused-ring (bicyclic) bond motifs is 2. The Morgan fingerprint density at radius 2 is 2.00 bits per heavy atom. The number of rotatable bonds is 0. The van der Waals surface area contributed by atoms with Crippen LogP contribution in [0, 0.1) is 0 Å². The van der Waals surface area contributed by atoms with Gasteiger partial charge in [-0.05, 0) is 32.1 Å². The van der Waals surface area contributed by atoms with E-state index in [1.165, 1.54) is 32.1 Å². The molecule has 3 atom stereocenters. The minimum absolute atomic E-state index is 0.605. The first-order valence-electron chi connectivity index (χ1n) is 4.16. The molecule has 2 aliphatic heterocycles. The first kappa shape index (κ1) is 7.35. The SMILES string of the molecule is I[C@H]1CCC[C@H]2CC[C@H]1O2. The number of ether oxygens (including phenoxy) is 1. The van der Waals surface area contributed by atoms with Crippen molar-refractivity contribution in [1.29, 1.82) is 0 Å². The molecule has 0 spiro atoms. The molecule has 2 rings (SSSR count). The first-order valence-corrected chi connectivity index (χ1v) is 5.40. The summed E-state index contributed by atoms with van der Waals surface area (Å²) in [7, 11) is 0. The molecule has 2 bridgehead atoms. The maximum atomic E-state index is 5.83. The molecule has 0 amide bonds. The highest BCUT2D eigenvalue weighted by Crippen LogP contribution is 2.34. The average Bonchev–Trinajstić information content (AvgIpc) is 2.27. The Kier molecular flexibility index (Phi) is 2.18.